The van der Waals surface area contributed by atoms with Gasteiger partial charge in [0.15, 0.2) is 0 Å². The molecule has 1 amide bonds. The van der Waals surface area contributed by atoms with Gasteiger partial charge in [-0.2, -0.15) is 0 Å². The molecule has 0 aromatic carbocycles. The van der Waals surface area contributed by atoms with Gasteiger partial charge in [0.05, 0.1) is 0 Å². The van der Waals surface area contributed by atoms with Crippen LogP contribution in [0.5, 0.6) is 0 Å². The number of nitrogens with zero attached hydrogens (tertiary/aromatic N) is 1. The predicted octanol–water partition coefficient (Wildman–Crippen LogP) is -0.304. The maximum atomic E-state index is 10.9. The summed E-state index contributed by atoms with van der Waals surface area (Å²) in [4.78, 5) is 21.6. The molecule has 6 heteroatoms. The Morgan fingerprint density at radius 2 is 1.94 bits per heavy atom. The number of nitrogens with one attached hydrogen (secondary N) is 1. The molecular formula is C10H19N3O3. The van der Waals surface area contributed by atoms with Gasteiger partial charge in [-0.3, -0.25) is 9.59 Å². The number of primary amides is 1. The molecule has 1 atom stereocenters. The average molecular weight is 229 g/mol. The van der Waals surface area contributed by atoms with Crippen LogP contribution in [0.15, 0.2) is 0 Å². The van der Waals surface area contributed by atoms with Crippen molar-refractivity contribution in [3.63, 3.8) is 0 Å². The normalized spacial score (nSPS) is 19.2. The third kappa shape index (κ3) is 4.59. The summed E-state index contributed by atoms with van der Waals surface area (Å²) in [6, 6.07) is -0.717. The summed E-state index contributed by atoms with van der Waals surface area (Å²) < 4.78 is 0. The highest BCUT2D eigenvalue weighted by molar-refractivity contribution is 5.77. The van der Waals surface area contributed by atoms with Gasteiger partial charge in [0, 0.05) is 19.5 Å². The molecule has 0 aliphatic carbocycles. The van der Waals surface area contributed by atoms with Crippen LogP contribution in [0.3, 0.4) is 0 Å². The monoisotopic (exact) mass is 229 g/mol. The van der Waals surface area contributed by atoms with Crippen molar-refractivity contribution in [3.05, 3.63) is 0 Å². The molecule has 0 saturated carbocycles. The number of carbonyl (C=O) groups is 2. The maximum absolute atomic E-state index is 10.9. The maximum Gasteiger partial charge on any atom is 0.322 e. The lowest BCUT2D eigenvalue weighted by Crippen LogP contribution is -2.50. The first-order valence-corrected chi connectivity index (χ1v) is 5.62. The van der Waals surface area contributed by atoms with E-state index in [1.165, 1.54) is 6.42 Å². The van der Waals surface area contributed by atoms with Gasteiger partial charge in [-0.25, -0.2) is 10.4 Å². The number of piperidine rings is 1. The predicted molar refractivity (Wildman–Crippen MR) is 58.4 cm³/mol. The van der Waals surface area contributed by atoms with E-state index in [1.807, 2.05) is 5.01 Å². The van der Waals surface area contributed by atoms with Gasteiger partial charge in [-0.15, -0.1) is 0 Å². The number of hydrogen-bond donors (Lipinski definition) is 3. The minimum absolute atomic E-state index is 0.0950. The van der Waals surface area contributed by atoms with Crippen LogP contribution in [0.1, 0.15) is 32.1 Å². The number of hydrogen-bond acceptors (Lipinski definition) is 4. The third-order valence-electron chi connectivity index (χ3n) is 2.67. The topological polar surface area (TPSA) is 95.7 Å². The lowest BCUT2D eigenvalue weighted by Gasteiger charge is -2.29. The third-order valence-corrected chi connectivity index (χ3v) is 2.67. The molecular weight excluding hydrogens is 210 g/mol. The molecule has 0 spiro atoms. The summed E-state index contributed by atoms with van der Waals surface area (Å²) in [5.41, 5.74) is 7.94. The van der Waals surface area contributed by atoms with Crippen molar-refractivity contribution in [1.82, 2.24) is 10.4 Å². The van der Waals surface area contributed by atoms with Crippen LogP contribution in [-0.4, -0.2) is 41.1 Å². The second-order valence-corrected chi connectivity index (χ2v) is 4.07. The van der Waals surface area contributed by atoms with Gasteiger partial charge >= 0.3 is 5.97 Å². The lowest BCUT2D eigenvalue weighted by atomic mass is 10.1. The Bertz CT molecular complexity index is 252. The highest BCUT2D eigenvalue weighted by Crippen LogP contribution is 2.08. The second kappa shape index (κ2) is 6.44. The summed E-state index contributed by atoms with van der Waals surface area (Å²) in [6.07, 6.45) is 3.68. The number of carbonyl (C=O) groups excluding carboxylic acids is 1. The summed E-state index contributed by atoms with van der Waals surface area (Å²) in [6.45, 7) is 1.72. The van der Waals surface area contributed by atoms with Crippen molar-refractivity contribution >= 4 is 11.9 Å². The minimum atomic E-state index is -0.938. The highest BCUT2D eigenvalue weighted by Gasteiger charge is 2.21. The molecule has 0 aromatic heterocycles. The van der Waals surface area contributed by atoms with Crippen molar-refractivity contribution in [2.75, 3.05) is 13.1 Å². The first-order chi connectivity index (χ1) is 7.59. The molecule has 0 radical (unpaired) electrons. The largest absolute Gasteiger partial charge is 0.480 e. The van der Waals surface area contributed by atoms with Crippen LogP contribution in [-0.2, 0) is 9.59 Å². The van der Waals surface area contributed by atoms with Crippen molar-refractivity contribution in [3.8, 4) is 0 Å². The Balaban J connectivity index is 2.37. The molecule has 92 valence electrons. The van der Waals surface area contributed by atoms with E-state index in [9.17, 15) is 9.59 Å². The van der Waals surface area contributed by atoms with Crippen molar-refractivity contribution < 1.29 is 14.7 Å². The van der Waals surface area contributed by atoms with Gasteiger partial charge < -0.3 is 10.8 Å². The van der Waals surface area contributed by atoms with E-state index in [2.05, 4.69) is 5.43 Å². The number of hydrazine groups is 1. The smallest absolute Gasteiger partial charge is 0.322 e. The van der Waals surface area contributed by atoms with E-state index in [0.29, 0.717) is 0 Å². The Kier molecular flexibility index (Phi) is 5.21. The van der Waals surface area contributed by atoms with Crippen molar-refractivity contribution in [2.24, 2.45) is 5.73 Å². The molecule has 4 N–H and O–H groups in total. The van der Waals surface area contributed by atoms with Gasteiger partial charge in [-0.1, -0.05) is 6.42 Å². The van der Waals surface area contributed by atoms with Crippen LogP contribution < -0.4 is 11.2 Å². The summed E-state index contributed by atoms with van der Waals surface area (Å²) in [5, 5.41) is 10.9. The van der Waals surface area contributed by atoms with E-state index < -0.39 is 17.9 Å². The fourth-order valence-electron chi connectivity index (χ4n) is 1.77. The molecule has 0 bridgehead atoms. The Morgan fingerprint density at radius 3 is 2.44 bits per heavy atom. The van der Waals surface area contributed by atoms with Gasteiger partial charge in [0.1, 0.15) is 6.04 Å². The van der Waals surface area contributed by atoms with E-state index >= 15 is 0 Å². The van der Waals surface area contributed by atoms with Crippen molar-refractivity contribution in [2.45, 2.75) is 38.1 Å². The second-order valence-electron chi connectivity index (χ2n) is 4.07. The molecule has 1 rings (SSSR count). The summed E-state index contributed by atoms with van der Waals surface area (Å²) >= 11 is 0. The molecule has 1 heterocycles. The van der Waals surface area contributed by atoms with E-state index in [0.717, 1.165) is 25.9 Å². The molecule has 1 saturated heterocycles. The number of carboxylic acids is 1. The summed E-state index contributed by atoms with van der Waals surface area (Å²) in [7, 11) is 0. The molecule has 0 aromatic rings. The number of aliphatic carboxylic acids is 1. The molecule has 1 fully saturated rings. The van der Waals surface area contributed by atoms with Crippen LogP contribution in [0.25, 0.3) is 0 Å². The number of amides is 1. The summed E-state index contributed by atoms with van der Waals surface area (Å²) in [5.74, 6) is -1.40. The Morgan fingerprint density at radius 1 is 1.31 bits per heavy atom. The highest BCUT2D eigenvalue weighted by atomic mass is 16.4. The molecule has 0 unspecified atom stereocenters. The number of nitrogens with two attached hydrogens (primary N) is 1. The Labute approximate surface area is 94.8 Å². The Hall–Kier alpha value is -1.14. The van der Waals surface area contributed by atoms with E-state index in [-0.39, 0.29) is 12.8 Å². The van der Waals surface area contributed by atoms with Crippen LogP contribution in [0, 0.1) is 0 Å². The molecule has 6 nitrogen and oxygen atoms in total. The van der Waals surface area contributed by atoms with E-state index in [1.54, 1.807) is 0 Å². The first-order valence-electron chi connectivity index (χ1n) is 5.62. The molecule has 1 aliphatic rings. The van der Waals surface area contributed by atoms with Crippen LogP contribution in [0.4, 0.5) is 0 Å². The van der Waals surface area contributed by atoms with Crippen LogP contribution in [0.2, 0.25) is 0 Å². The fourth-order valence-corrected chi connectivity index (χ4v) is 1.77. The number of carboxylic acid groups (broad SMARTS) is 1. The molecule has 16 heavy (non-hydrogen) atoms. The number of rotatable bonds is 6. The van der Waals surface area contributed by atoms with Crippen molar-refractivity contribution in [1.29, 1.82) is 0 Å². The van der Waals surface area contributed by atoms with Gasteiger partial charge in [0.2, 0.25) is 5.91 Å². The fraction of sp³-hybridized carbons (Fsp3) is 0.800. The SMILES string of the molecule is NC(=O)CC[C@H](NN1CCCCC1)C(=O)O. The van der Waals surface area contributed by atoms with E-state index in [4.69, 9.17) is 10.8 Å². The van der Waals surface area contributed by atoms with Gasteiger partial charge in [0.25, 0.3) is 0 Å². The average Bonchev–Trinajstić information content (AvgIpc) is 2.25. The minimum Gasteiger partial charge on any atom is -0.480 e. The lowest BCUT2D eigenvalue weighted by molar-refractivity contribution is -0.141. The van der Waals surface area contributed by atoms with Crippen LogP contribution >= 0.6 is 0 Å². The molecule has 1 aliphatic heterocycles. The first kappa shape index (κ1) is 12.9. The zero-order chi connectivity index (χ0) is 12.0. The standard InChI is InChI=1S/C10H19N3O3/c11-9(14)5-4-8(10(15)16)12-13-6-2-1-3-7-13/h8,12H,1-7H2,(H2,11,14)(H,15,16)/t8-/m0/s1. The zero-order valence-electron chi connectivity index (χ0n) is 9.32. The quantitative estimate of drug-likeness (QED) is 0.581. The van der Waals surface area contributed by atoms with Gasteiger partial charge in [-0.05, 0) is 19.3 Å². The zero-order valence-corrected chi connectivity index (χ0v) is 9.32.